The van der Waals surface area contributed by atoms with Gasteiger partial charge in [0.2, 0.25) is 0 Å². The van der Waals surface area contributed by atoms with Crippen LogP contribution in [0.15, 0.2) is 60.7 Å². The van der Waals surface area contributed by atoms with Gasteiger partial charge in [0.25, 0.3) is 0 Å². The second kappa shape index (κ2) is 8.53. The Balaban J connectivity index is 1.46. The van der Waals surface area contributed by atoms with Crippen LogP contribution in [0.3, 0.4) is 0 Å². The van der Waals surface area contributed by atoms with E-state index in [4.69, 9.17) is 4.98 Å². The van der Waals surface area contributed by atoms with Gasteiger partial charge in [0, 0.05) is 37.8 Å². The number of para-hydroxylation sites is 2. The van der Waals surface area contributed by atoms with Gasteiger partial charge in [-0.15, -0.1) is 0 Å². The maximum Gasteiger partial charge on any atom is 0.158 e. The molecule has 166 valence electrons. The van der Waals surface area contributed by atoms with Crippen LogP contribution >= 0.6 is 0 Å². The molecule has 2 aromatic carbocycles. The van der Waals surface area contributed by atoms with Gasteiger partial charge in [0.15, 0.2) is 5.65 Å². The summed E-state index contributed by atoms with van der Waals surface area (Å²) in [6, 6.07) is 23.9. The number of benzene rings is 2. The standard InChI is InChI=1S/C28H29N5/c29-20-24-23(21-9-3-1-4-10-21)19-27(33-26-14-8-7-13-25(26)30-28(24)33)32-17-15-31(16-18-32)22-11-5-2-6-12-22/h1,3-4,7-10,13-14,19,22H,2,5-6,11-12,15-18H2. The van der Waals surface area contributed by atoms with Crippen LogP contribution in [0.2, 0.25) is 0 Å². The third-order valence-corrected chi connectivity index (χ3v) is 7.48. The number of anilines is 1. The summed E-state index contributed by atoms with van der Waals surface area (Å²) in [5.74, 6) is 1.14. The number of pyridine rings is 1. The van der Waals surface area contributed by atoms with E-state index >= 15 is 0 Å². The third kappa shape index (κ3) is 3.55. The molecule has 5 nitrogen and oxygen atoms in total. The first-order chi connectivity index (χ1) is 16.3. The lowest BCUT2D eigenvalue weighted by Crippen LogP contribution is -2.51. The Labute approximate surface area is 194 Å². The maximum absolute atomic E-state index is 10.2. The molecule has 0 radical (unpaired) electrons. The molecule has 6 rings (SSSR count). The number of imidazole rings is 1. The summed E-state index contributed by atoms with van der Waals surface area (Å²) in [6.45, 7) is 4.19. The molecule has 4 aromatic rings. The van der Waals surface area contributed by atoms with E-state index in [9.17, 15) is 5.26 Å². The van der Waals surface area contributed by atoms with Crippen molar-refractivity contribution in [3.63, 3.8) is 0 Å². The fraction of sp³-hybridized carbons (Fsp3) is 0.357. The van der Waals surface area contributed by atoms with Crippen molar-refractivity contribution < 1.29 is 0 Å². The first kappa shape index (κ1) is 20.3. The van der Waals surface area contributed by atoms with E-state index in [-0.39, 0.29) is 0 Å². The van der Waals surface area contributed by atoms with E-state index in [0.717, 1.165) is 65.8 Å². The Hall–Kier alpha value is -3.36. The van der Waals surface area contributed by atoms with Gasteiger partial charge in [0.05, 0.1) is 11.0 Å². The molecule has 2 aromatic heterocycles. The van der Waals surface area contributed by atoms with Crippen molar-refractivity contribution in [2.75, 3.05) is 31.1 Å². The summed E-state index contributed by atoms with van der Waals surface area (Å²) >= 11 is 0. The van der Waals surface area contributed by atoms with Crippen molar-refractivity contribution in [1.29, 1.82) is 5.26 Å². The molecule has 1 aliphatic carbocycles. The number of nitriles is 1. The van der Waals surface area contributed by atoms with Crippen molar-refractivity contribution in [3.05, 3.63) is 66.2 Å². The van der Waals surface area contributed by atoms with Gasteiger partial charge >= 0.3 is 0 Å². The highest BCUT2D eigenvalue weighted by atomic mass is 15.3. The molecule has 0 atom stereocenters. The van der Waals surface area contributed by atoms with Crippen molar-refractivity contribution >= 4 is 22.5 Å². The molecular weight excluding hydrogens is 406 g/mol. The van der Waals surface area contributed by atoms with E-state index in [1.165, 1.54) is 32.1 Å². The van der Waals surface area contributed by atoms with E-state index in [0.29, 0.717) is 5.56 Å². The van der Waals surface area contributed by atoms with E-state index in [2.05, 4.69) is 50.6 Å². The number of nitrogens with zero attached hydrogens (tertiary/aromatic N) is 5. The number of fused-ring (bicyclic) bond motifs is 3. The van der Waals surface area contributed by atoms with Crippen molar-refractivity contribution in [2.45, 2.75) is 38.1 Å². The van der Waals surface area contributed by atoms with Crippen LogP contribution in [0.25, 0.3) is 27.8 Å². The fourth-order valence-electron chi connectivity index (χ4n) is 5.76. The smallest absolute Gasteiger partial charge is 0.158 e. The van der Waals surface area contributed by atoms with Crippen LogP contribution in [0.1, 0.15) is 37.7 Å². The first-order valence-corrected chi connectivity index (χ1v) is 12.2. The van der Waals surface area contributed by atoms with Gasteiger partial charge in [-0.1, -0.05) is 61.7 Å². The zero-order chi connectivity index (χ0) is 22.2. The van der Waals surface area contributed by atoms with Crippen LogP contribution < -0.4 is 4.90 Å². The van der Waals surface area contributed by atoms with Crippen LogP contribution in [0.5, 0.6) is 0 Å². The number of rotatable bonds is 3. The number of piperazine rings is 1. The molecule has 0 spiro atoms. The molecule has 0 N–H and O–H groups in total. The summed E-state index contributed by atoms with van der Waals surface area (Å²) in [4.78, 5) is 10.1. The maximum atomic E-state index is 10.2. The molecule has 3 heterocycles. The molecule has 5 heteroatoms. The molecular formula is C28H29N5. The van der Waals surface area contributed by atoms with Gasteiger partial charge in [-0.2, -0.15) is 5.26 Å². The fourth-order valence-corrected chi connectivity index (χ4v) is 5.76. The number of aromatic nitrogens is 2. The second-order valence-electron chi connectivity index (χ2n) is 9.34. The average Bonchev–Trinajstić information content (AvgIpc) is 3.28. The van der Waals surface area contributed by atoms with Crippen LogP contribution in [0, 0.1) is 11.3 Å². The SMILES string of the molecule is N#Cc1c(-c2ccccc2)cc(N2CCN(C3CCCCC3)CC2)n2c1nc1ccccc12. The Morgan fingerprint density at radius 1 is 0.848 bits per heavy atom. The summed E-state index contributed by atoms with van der Waals surface area (Å²) in [7, 11) is 0. The minimum Gasteiger partial charge on any atom is -0.355 e. The minimum atomic E-state index is 0.641. The quantitative estimate of drug-likeness (QED) is 0.427. The van der Waals surface area contributed by atoms with E-state index < -0.39 is 0 Å². The van der Waals surface area contributed by atoms with Crippen molar-refractivity contribution in [2.24, 2.45) is 0 Å². The van der Waals surface area contributed by atoms with Gasteiger partial charge in [-0.3, -0.25) is 9.30 Å². The normalized spacial score (nSPS) is 18.1. The van der Waals surface area contributed by atoms with Gasteiger partial charge in [-0.05, 0) is 36.6 Å². The van der Waals surface area contributed by atoms with E-state index in [1.54, 1.807) is 0 Å². The zero-order valence-electron chi connectivity index (χ0n) is 19.0. The van der Waals surface area contributed by atoms with Gasteiger partial charge < -0.3 is 4.90 Å². The van der Waals surface area contributed by atoms with Crippen LogP contribution in [-0.4, -0.2) is 46.5 Å². The lowest BCUT2D eigenvalue weighted by molar-refractivity contribution is 0.147. The Morgan fingerprint density at radius 2 is 1.58 bits per heavy atom. The predicted octanol–water partition coefficient (Wildman–Crippen LogP) is 5.48. The van der Waals surface area contributed by atoms with Crippen molar-refractivity contribution in [3.8, 4) is 17.2 Å². The highest BCUT2D eigenvalue weighted by molar-refractivity contribution is 5.89. The molecule has 33 heavy (non-hydrogen) atoms. The lowest BCUT2D eigenvalue weighted by atomic mass is 9.94. The monoisotopic (exact) mass is 435 g/mol. The highest BCUT2D eigenvalue weighted by Crippen LogP contribution is 2.35. The van der Waals surface area contributed by atoms with Crippen LogP contribution in [-0.2, 0) is 0 Å². The second-order valence-corrected chi connectivity index (χ2v) is 9.34. The summed E-state index contributed by atoms with van der Waals surface area (Å²) < 4.78 is 2.20. The van der Waals surface area contributed by atoms with Gasteiger partial charge in [0.1, 0.15) is 17.5 Å². The Kier molecular flexibility index (Phi) is 5.24. The zero-order valence-corrected chi connectivity index (χ0v) is 19.0. The molecule has 0 amide bonds. The average molecular weight is 436 g/mol. The molecule has 0 unspecified atom stereocenters. The summed E-state index contributed by atoms with van der Waals surface area (Å²) in [6.07, 6.45) is 6.86. The van der Waals surface area contributed by atoms with Crippen molar-refractivity contribution in [1.82, 2.24) is 14.3 Å². The summed E-state index contributed by atoms with van der Waals surface area (Å²) in [5, 5.41) is 10.2. The molecule has 2 fully saturated rings. The minimum absolute atomic E-state index is 0.641. The molecule has 2 aliphatic rings. The Bertz CT molecular complexity index is 1320. The molecule has 0 bridgehead atoms. The summed E-state index contributed by atoms with van der Waals surface area (Å²) in [5.41, 5.74) is 5.41. The third-order valence-electron chi connectivity index (χ3n) is 7.48. The van der Waals surface area contributed by atoms with Crippen LogP contribution in [0.4, 0.5) is 5.82 Å². The number of hydrogen-bond donors (Lipinski definition) is 0. The largest absolute Gasteiger partial charge is 0.355 e. The van der Waals surface area contributed by atoms with E-state index in [1.807, 2.05) is 30.3 Å². The first-order valence-electron chi connectivity index (χ1n) is 12.2. The topological polar surface area (TPSA) is 47.6 Å². The number of hydrogen-bond acceptors (Lipinski definition) is 4. The molecule has 1 saturated carbocycles. The lowest BCUT2D eigenvalue weighted by Gasteiger charge is -2.41. The molecule has 1 saturated heterocycles. The highest BCUT2D eigenvalue weighted by Gasteiger charge is 2.27. The predicted molar refractivity (Wildman–Crippen MR) is 134 cm³/mol. The Morgan fingerprint density at radius 3 is 2.33 bits per heavy atom. The van der Waals surface area contributed by atoms with Gasteiger partial charge in [-0.25, -0.2) is 4.98 Å². The molecule has 1 aliphatic heterocycles.